The molecule has 0 spiro atoms. The molecular weight excluding hydrogens is 193 g/mol. The molecule has 0 aromatic rings. The minimum absolute atomic E-state index is 0.299. The number of carboxylic acid groups (broad SMARTS) is 1. The van der Waals surface area contributed by atoms with Gasteiger partial charge in [-0.25, -0.2) is 0 Å². The van der Waals surface area contributed by atoms with Crippen LogP contribution in [0.4, 0.5) is 13.2 Å². The fourth-order valence-corrected chi connectivity index (χ4v) is 2.10. The Hall–Kier alpha value is -0.390. The first-order chi connectivity index (χ1) is 5.34. The number of hydrogen-bond donors (Lipinski definition) is 1. The van der Waals surface area contributed by atoms with Crippen LogP contribution in [0.15, 0.2) is 0 Å². The lowest BCUT2D eigenvalue weighted by molar-refractivity contribution is -0.157. The lowest BCUT2D eigenvalue weighted by Crippen LogP contribution is -2.27. The molecule has 0 radical (unpaired) electrons. The Bertz CT molecular complexity index is 215. The third-order valence-electron chi connectivity index (χ3n) is 2.03. The molecule has 2 nitrogen and oxygen atoms in total. The summed E-state index contributed by atoms with van der Waals surface area (Å²) >= 11 is 0.762. The van der Waals surface area contributed by atoms with Gasteiger partial charge in [-0.05, 0) is 12.7 Å². The van der Waals surface area contributed by atoms with Crippen LogP contribution in [0.3, 0.4) is 0 Å². The Balaban J connectivity index is 2.75. The number of hydrogen-bond acceptors (Lipinski definition) is 2. The van der Waals surface area contributed by atoms with Gasteiger partial charge < -0.3 is 5.11 Å². The van der Waals surface area contributed by atoms with Crippen LogP contribution in [0.5, 0.6) is 0 Å². The van der Waals surface area contributed by atoms with E-state index in [-0.39, 0.29) is 6.42 Å². The topological polar surface area (TPSA) is 37.3 Å². The molecule has 1 N–H and O–H groups in total. The van der Waals surface area contributed by atoms with E-state index in [4.69, 9.17) is 5.11 Å². The molecule has 2 unspecified atom stereocenters. The minimum atomic E-state index is -4.37. The number of aliphatic carboxylic acids is 1. The Morgan fingerprint density at radius 3 is 2.25 bits per heavy atom. The van der Waals surface area contributed by atoms with Gasteiger partial charge in [0.2, 0.25) is 0 Å². The van der Waals surface area contributed by atoms with Gasteiger partial charge in [-0.2, -0.15) is 13.2 Å². The molecule has 1 aliphatic rings. The molecule has 6 heteroatoms. The van der Waals surface area contributed by atoms with Crippen molar-refractivity contribution in [1.82, 2.24) is 0 Å². The van der Waals surface area contributed by atoms with Crippen LogP contribution in [-0.2, 0) is 4.79 Å². The predicted molar refractivity (Wildman–Crippen MR) is 38.0 cm³/mol. The molecule has 0 aromatic heterocycles. The zero-order valence-corrected chi connectivity index (χ0v) is 7.00. The monoisotopic (exact) mass is 200 g/mol. The standard InChI is InChI=1S/C6H7F3O2S/c1-12-5(4(10)11)2-3(5)6(7,8)9/h3H,2H2,1H3,(H,10,11). The second-order valence-electron chi connectivity index (χ2n) is 2.70. The van der Waals surface area contributed by atoms with E-state index in [1.54, 1.807) is 0 Å². The normalized spacial score (nSPS) is 34.8. The molecule has 1 fully saturated rings. The molecule has 0 aromatic carbocycles. The summed E-state index contributed by atoms with van der Waals surface area (Å²) in [6.07, 6.45) is -3.28. The maximum absolute atomic E-state index is 12.0. The van der Waals surface area contributed by atoms with Crippen LogP contribution in [0.1, 0.15) is 6.42 Å². The SMILES string of the molecule is CSC1(C(=O)O)CC1C(F)(F)F. The zero-order chi connectivity index (χ0) is 9.57. The summed E-state index contributed by atoms with van der Waals surface area (Å²) < 4.78 is 34.4. The second-order valence-corrected chi connectivity index (χ2v) is 3.83. The lowest BCUT2D eigenvalue weighted by atomic mass is 10.3. The summed E-state index contributed by atoms with van der Waals surface area (Å²) in [5.74, 6) is -3.03. The van der Waals surface area contributed by atoms with E-state index in [0.29, 0.717) is 0 Å². The van der Waals surface area contributed by atoms with E-state index in [1.807, 2.05) is 0 Å². The van der Waals surface area contributed by atoms with Crippen LogP contribution in [0, 0.1) is 5.92 Å². The highest BCUT2D eigenvalue weighted by Gasteiger charge is 2.71. The highest BCUT2D eigenvalue weighted by molar-refractivity contribution is 8.01. The second kappa shape index (κ2) is 2.55. The fraction of sp³-hybridized carbons (Fsp3) is 0.833. The van der Waals surface area contributed by atoms with Crippen molar-refractivity contribution >= 4 is 17.7 Å². The zero-order valence-electron chi connectivity index (χ0n) is 6.18. The quantitative estimate of drug-likeness (QED) is 0.737. The van der Waals surface area contributed by atoms with Crippen molar-refractivity contribution in [2.75, 3.05) is 6.26 Å². The summed E-state index contributed by atoms with van der Waals surface area (Å²) in [5.41, 5.74) is 0. The molecule has 0 saturated heterocycles. The largest absolute Gasteiger partial charge is 0.480 e. The molecule has 1 aliphatic carbocycles. The van der Waals surface area contributed by atoms with Gasteiger partial charge in [-0.15, -0.1) is 11.8 Å². The van der Waals surface area contributed by atoms with Crippen LogP contribution in [0.25, 0.3) is 0 Å². The Morgan fingerprint density at radius 2 is 2.17 bits per heavy atom. The van der Waals surface area contributed by atoms with Crippen molar-refractivity contribution in [3.63, 3.8) is 0 Å². The molecule has 1 rings (SSSR count). The van der Waals surface area contributed by atoms with Crippen LogP contribution >= 0.6 is 11.8 Å². The molecule has 0 amide bonds. The number of halogens is 3. The Labute approximate surface area is 71.1 Å². The Kier molecular flexibility index (Phi) is 2.06. The average Bonchev–Trinajstić information content (AvgIpc) is 2.60. The number of carboxylic acids is 1. The van der Waals surface area contributed by atoms with E-state index in [2.05, 4.69) is 0 Å². The van der Waals surface area contributed by atoms with E-state index < -0.39 is 22.8 Å². The average molecular weight is 200 g/mol. The summed E-state index contributed by atoms with van der Waals surface area (Å²) in [5, 5.41) is 8.52. The number of rotatable bonds is 2. The van der Waals surface area contributed by atoms with Crippen molar-refractivity contribution in [3.8, 4) is 0 Å². The van der Waals surface area contributed by atoms with Crippen LogP contribution in [-0.4, -0.2) is 28.3 Å². The van der Waals surface area contributed by atoms with Gasteiger partial charge in [-0.1, -0.05) is 0 Å². The molecule has 2 atom stereocenters. The van der Waals surface area contributed by atoms with Gasteiger partial charge in [0.15, 0.2) is 0 Å². The summed E-state index contributed by atoms with van der Waals surface area (Å²) in [6.45, 7) is 0. The first-order valence-corrected chi connectivity index (χ1v) is 4.42. The highest BCUT2D eigenvalue weighted by atomic mass is 32.2. The summed E-state index contributed by atoms with van der Waals surface area (Å²) in [4.78, 5) is 10.5. The third-order valence-corrected chi connectivity index (χ3v) is 3.39. The van der Waals surface area contributed by atoms with Crippen molar-refractivity contribution < 1.29 is 23.1 Å². The van der Waals surface area contributed by atoms with E-state index >= 15 is 0 Å². The highest BCUT2D eigenvalue weighted by Crippen LogP contribution is 2.60. The number of thioether (sulfide) groups is 1. The summed E-state index contributed by atoms with van der Waals surface area (Å²) in [6, 6.07) is 0. The van der Waals surface area contributed by atoms with Gasteiger partial charge in [0.1, 0.15) is 4.75 Å². The minimum Gasteiger partial charge on any atom is -0.480 e. The smallest absolute Gasteiger partial charge is 0.393 e. The van der Waals surface area contributed by atoms with Crippen molar-refractivity contribution in [1.29, 1.82) is 0 Å². The van der Waals surface area contributed by atoms with Gasteiger partial charge in [-0.3, -0.25) is 4.79 Å². The first-order valence-electron chi connectivity index (χ1n) is 3.20. The van der Waals surface area contributed by atoms with E-state index in [0.717, 1.165) is 11.8 Å². The molecule has 70 valence electrons. The lowest BCUT2D eigenvalue weighted by Gasteiger charge is -2.10. The maximum atomic E-state index is 12.0. The van der Waals surface area contributed by atoms with Gasteiger partial charge in [0.25, 0.3) is 0 Å². The number of carbonyl (C=O) groups is 1. The van der Waals surface area contributed by atoms with E-state index in [1.165, 1.54) is 6.26 Å². The Morgan fingerprint density at radius 1 is 1.67 bits per heavy atom. The van der Waals surface area contributed by atoms with Crippen LogP contribution in [0.2, 0.25) is 0 Å². The van der Waals surface area contributed by atoms with E-state index in [9.17, 15) is 18.0 Å². The van der Waals surface area contributed by atoms with Crippen LogP contribution < -0.4 is 0 Å². The van der Waals surface area contributed by atoms with Gasteiger partial charge in [0, 0.05) is 0 Å². The maximum Gasteiger partial charge on any atom is 0.393 e. The molecule has 0 bridgehead atoms. The molecule has 0 heterocycles. The van der Waals surface area contributed by atoms with Gasteiger partial charge in [0.05, 0.1) is 5.92 Å². The molecule has 1 saturated carbocycles. The van der Waals surface area contributed by atoms with Crippen molar-refractivity contribution in [2.45, 2.75) is 17.3 Å². The fourth-order valence-electron chi connectivity index (χ4n) is 1.17. The van der Waals surface area contributed by atoms with Crippen molar-refractivity contribution in [2.24, 2.45) is 5.92 Å². The first kappa shape index (κ1) is 9.70. The molecule has 12 heavy (non-hydrogen) atoms. The molecule has 0 aliphatic heterocycles. The molecular formula is C6H7F3O2S. The van der Waals surface area contributed by atoms with Gasteiger partial charge >= 0.3 is 12.1 Å². The van der Waals surface area contributed by atoms with Crippen molar-refractivity contribution in [3.05, 3.63) is 0 Å². The third kappa shape index (κ3) is 1.28. The predicted octanol–water partition coefficient (Wildman–Crippen LogP) is 1.76. The summed E-state index contributed by atoms with van der Waals surface area (Å²) in [7, 11) is 0. The number of alkyl halides is 3.